The van der Waals surface area contributed by atoms with Gasteiger partial charge in [-0.25, -0.2) is 4.68 Å². The fourth-order valence-corrected chi connectivity index (χ4v) is 3.51. The molecule has 0 radical (unpaired) electrons. The van der Waals surface area contributed by atoms with Crippen molar-refractivity contribution in [2.24, 2.45) is 0 Å². The van der Waals surface area contributed by atoms with Gasteiger partial charge < -0.3 is 19.5 Å². The van der Waals surface area contributed by atoms with Crippen LogP contribution < -0.4 is 19.5 Å². The normalized spacial score (nSPS) is 11.2. The first-order chi connectivity index (χ1) is 17.2. The zero-order chi connectivity index (χ0) is 25.9. The lowest BCUT2D eigenvalue weighted by Gasteiger charge is -2.13. The van der Waals surface area contributed by atoms with Crippen LogP contribution in [0, 0.1) is 0 Å². The Morgan fingerprint density at radius 1 is 0.861 bits per heavy atom. The van der Waals surface area contributed by atoms with Crippen LogP contribution in [0.3, 0.4) is 0 Å². The number of hydrogen-bond acceptors (Lipinski definition) is 6. The first kappa shape index (κ1) is 24.6. The van der Waals surface area contributed by atoms with E-state index in [-0.39, 0.29) is 17.4 Å². The predicted octanol–water partition coefficient (Wildman–Crippen LogP) is 5.23. The minimum Gasteiger partial charge on any atom is -0.496 e. The smallest absolute Gasteiger partial charge is 0.416 e. The van der Waals surface area contributed by atoms with Crippen LogP contribution in [0.5, 0.6) is 17.5 Å². The van der Waals surface area contributed by atoms with Crippen LogP contribution in [0.2, 0.25) is 0 Å². The molecule has 1 amide bonds. The van der Waals surface area contributed by atoms with Crippen molar-refractivity contribution in [2.45, 2.75) is 6.18 Å². The van der Waals surface area contributed by atoms with Crippen molar-refractivity contribution in [1.82, 2.24) is 14.8 Å². The molecule has 11 heteroatoms. The van der Waals surface area contributed by atoms with E-state index in [0.717, 1.165) is 12.1 Å². The van der Waals surface area contributed by atoms with E-state index in [1.165, 1.54) is 38.1 Å². The minimum atomic E-state index is -4.45. The van der Waals surface area contributed by atoms with Crippen LogP contribution >= 0.6 is 0 Å². The highest BCUT2D eigenvalue weighted by Crippen LogP contribution is 2.32. The summed E-state index contributed by atoms with van der Waals surface area (Å²) in [5.41, 5.74) is 0.932. The third kappa shape index (κ3) is 4.95. The number of methoxy groups -OCH3 is 3. The molecule has 8 nitrogen and oxygen atoms in total. The Hall–Kier alpha value is -4.54. The van der Waals surface area contributed by atoms with Gasteiger partial charge in [-0.05, 0) is 48.5 Å². The number of halogens is 3. The summed E-state index contributed by atoms with van der Waals surface area (Å²) in [7, 11) is 4.31. The maximum atomic E-state index is 12.9. The quantitative estimate of drug-likeness (QED) is 0.376. The van der Waals surface area contributed by atoms with Crippen molar-refractivity contribution in [1.29, 1.82) is 0 Å². The number of carbonyl (C=O) groups is 1. The summed E-state index contributed by atoms with van der Waals surface area (Å²) in [5, 5.41) is 7.06. The number of amides is 1. The molecule has 3 aromatic carbocycles. The molecule has 1 heterocycles. The average Bonchev–Trinajstić information content (AvgIpc) is 3.32. The standard InChI is InChI=1S/C25H21F3N4O4/c1-34-19-5-4-6-20(35-2)21(19)23(33)29-17-11-13-18(14-12-17)32-22(30-24(31-32)36-3)15-7-9-16(10-8-15)25(26,27)28/h4-14H,1-3H3,(H,29,33). The molecule has 36 heavy (non-hydrogen) atoms. The minimum absolute atomic E-state index is 0.0468. The SMILES string of the molecule is COc1nc(-c2ccc(C(F)(F)F)cc2)n(-c2ccc(NC(=O)c3c(OC)cccc3OC)cc2)n1. The lowest BCUT2D eigenvalue weighted by atomic mass is 10.1. The van der Waals surface area contributed by atoms with Gasteiger partial charge in [-0.15, -0.1) is 5.10 Å². The molecular formula is C25H21F3N4O4. The van der Waals surface area contributed by atoms with E-state index in [0.29, 0.717) is 28.4 Å². The van der Waals surface area contributed by atoms with Crippen LogP contribution in [-0.4, -0.2) is 42.0 Å². The number of rotatable bonds is 7. The lowest BCUT2D eigenvalue weighted by Crippen LogP contribution is -2.14. The largest absolute Gasteiger partial charge is 0.496 e. The number of anilines is 1. The third-order valence-electron chi connectivity index (χ3n) is 5.27. The number of benzene rings is 3. The summed E-state index contributed by atoms with van der Waals surface area (Å²) in [6, 6.07) is 16.3. The number of hydrogen-bond donors (Lipinski definition) is 1. The van der Waals surface area contributed by atoms with Crippen LogP contribution in [0.4, 0.5) is 18.9 Å². The van der Waals surface area contributed by atoms with Crippen LogP contribution in [0.1, 0.15) is 15.9 Å². The van der Waals surface area contributed by atoms with Gasteiger partial charge in [0.2, 0.25) is 0 Å². The molecule has 0 aliphatic heterocycles. The van der Waals surface area contributed by atoms with Gasteiger partial charge in [-0.3, -0.25) is 4.79 Å². The molecule has 0 unspecified atom stereocenters. The Labute approximate surface area is 204 Å². The van der Waals surface area contributed by atoms with Gasteiger partial charge in [0.15, 0.2) is 5.82 Å². The summed E-state index contributed by atoms with van der Waals surface area (Å²) in [4.78, 5) is 17.2. The zero-order valence-corrected chi connectivity index (χ0v) is 19.5. The van der Waals surface area contributed by atoms with Gasteiger partial charge in [0.25, 0.3) is 5.91 Å². The van der Waals surface area contributed by atoms with Crippen molar-refractivity contribution in [3.05, 3.63) is 77.9 Å². The summed E-state index contributed by atoms with van der Waals surface area (Å²) >= 11 is 0. The van der Waals surface area contributed by atoms with Gasteiger partial charge in [-0.2, -0.15) is 18.2 Å². The highest BCUT2D eigenvalue weighted by Gasteiger charge is 2.30. The van der Waals surface area contributed by atoms with E-state index in [1.54, 1.807) is 42.5 Å². The molecule has 1 N–H and O–H groups in total. The van der Waals surface area contributed by atoms with Crippen molar-refractivity contribution in [3.8, 4) is 34.6 Å². The van der Waals surface area contributed by atoms with Gasteiger partial charge in [0, 0.05) is 11.3 Å². The monoisotopic (exact) mass is 498 g/mol. The molecule has 0 aliphatic carbocycles. The van der Waals surface area contributed by atoms with E-state index in [1.807, 2.05) is 0 Å². The van der Waals surface area contributed by atoms with Crippen molar-refractivity contribution in [3.63, 3.8) is 0 Å². The number of nitrogens with one attached hydrogen (secondary N) is 1. The van der Waals surface area contributed by atoms with Crippen molar-refractivity contribution < 1.29 is 32.2 Å². The Morgan fingerprint density at radius 3 is 2.00 bits per heavy atom. The molecule has 4 rings (SSSR count). The predicted molar refractivity (Wildman–Crippen MR) is 126 cm³/mol. The summed E-state index contributed by atoms with van der Waals surface area (Å²) in [5.74, 6) is 0.583. The fourth-order valence-electron chi connectivity index (χ4n) is 3.51. The number of carbonyl (C=O) groups excluding carboxylic acids is 1. The Kier molecular flexibility index (Phi) is 6.82. The average molecular weight is 498 g/mol. The van der Waals surface area contributed by atoms with E-state index < -0.39 is 17.6 Å². The van der Waals surface area contributed by atoms with Gasteiger partial charge in [0.05, 0.1) is 32.6 Å². The molecule has 0 bridgehead atoms. The number of ether oxygens (including phenoxy) is 3. The molecule has 0 atom stereocenters. The Bertz CT molecular complexity index is 1350. The molecule has 0 spiro atoms. The van der Waals surface area contributed by atoms with Crippen LogP contribution in [0.15, 0.2) is 66.7 Å². The van der Waals surface area contributed by atoms with Crippen LogP contribution in [0.25, 0.3) is 17.1 Å². The number of aromatic nitrogens is 3. The van der Waals surface area contributed by atoms with Gasteiger partial charge >= 0.3 is 12.2 Å². The molecule has 186 valence electrons. The van der Waals surface area contributed by atoms with E-state index in [4.69, 9.17) is 14.2 Å². The van der Waals surface area contributed by atoms with Crippen molar-refractivity contribution >= 4 is 11.6 Å². The second-order valence-electron chi connectivity index (χ2n) is 7.45. The molecule has 0 fully saturated rings. The molecule has 4 aromatic rings. The van der Waals surface area contributed by atoms with Gasteiger partial charge in [0.1, 0.15) is 17.1 Å². The maximum Gasteiger partial charge on any atom is 0.416 e. The van der Waals surface area contributed by atoms with Crippen molar-refractivity contribution in [2.75, 3.05) is 26.6 Å². The first-order valence-corrected chi connectivity index (χ1v) is 10.6. The highest BCUT2D eigenvalue weighted by molar-refractivity contribution is 6.08. The topological polar surface area (TPSA) is 87.5 Å². The maximum absolute atomic E-state index is 12.9. The third-order valence-corrected chi connectivity index (χ3v) is 5.27. The second-order valence-corrected chi connectivity index (χ2v) is 7.45. The van der Waals surface area contributed by atoms with Gasteiger partial charge in [-0.1, -0.05) is 18.2 Å². The summed E-state index contributed by atoms with van der Waals surface area (Å²) < 4.78 is 56.0. The molecule has 1 aromatic heterocycles. The Morgan fingerprint density at radius 2 is 1.47 bits per heavy atom. The molecular weight excluding hydrogens is 477 g/mol. The van der Waals surface area contributed by atoms with E-state index >= 15 is 0 Å². The first-order valence-electron chi connectivity index (χ1n) is 10.6. The lowest BCUT2D eigenvalue weighted by molar-refractivity contribution is -0.137. The summed E-state index contributed by atoms with van der Waals surface area (Å²) in [6.07, 6.45) is -4.45. The van der Waals surface area contributed by atoms with E-state index in [2.05, 4.69) is 15.4 Å². The number of alkyl halides is 3. The van der Waals surface area contributed by atoms with E-state index in [9.17, 15) is 18.0 Å². The number of nitrogens with zero attached hydrogens (tertiary/aromatic N) is 3. The Balaban J connectivity index is 1.62. The second kappa shape index (κ2) is 9.98. The highest BCUT2D eigenvalue weighted by atomic mass is 19.4. The van der Waals surface area contributed by atoms with Crippen LogP contribution in [-0.2, 0) is 6.18 Å². The molecule has 0 saturated heterocycles. The summed E-state index contributed by atoms with van der Waals surface area (Å²) in [6.45, 7) is 0. The fraction of sp³-hybridized carbons (Fsp3) is 0.160. The molecule has 0 aliphatic rings. The molecule has 0 saturated carbocycles. The zero-order valence-electron chi connectivity index (χ0n) is 19.5.